The van der Waals surface area contributed by atoms with Crippen molar-refractivity contribution < 1.29 is 80.4 Å². The molecule has 0 aromatic heterocycles. The predicted molar refractivity (Wildman–Crippen MR) is 411 cm³/mol. The van der Waals surface area contributed by atoms with Crippen molar-refractivity contribution >= 4 is 65.1 Å². The molecule has 15 atom stereocenters. The number of methoxy groups -OCH3 is 2. The number of halogens is 3. The number of aliphatic hydroxyl groups is 1. The highest BCUT2D eigenvalue weighted by molar-refractivity contribution is 6.04. The number of amides is 11. The number of nitrogens with zero attached hydrogens (tertiary/aromatic N) is 4. The number of likely N-dealkylation sites (tertiary alicyclic amines) is 2. The average molecular weight is 1540 g/mol. The molecule has 28 heteroatoms. The lowest BCUT2D eigenvalue weighted by molar-refractivity contribution is -0.161. The van der Waals surface area contributed by atoms with E-state index in [1.807, 2.05) is 32.0 Å². The summed E-state index contributed by atoms with van der Waals surface area (Å²) < 4.78 is 62.3. The van der Waals surface area contributed by atoms with Gasteiger partial charge in [0.1, 0.15) is 30.8 Å². The first kappa shape index (κ1) is 92.2. The number of aliphatic hydroxyl groups excluding tert-OH is 1. The topological polar surface area (TPSA) is 330 Å². The summed E-state index contributed by atoms with van der Waals surface area (Å²) in [4.78, 5) is 144. The van der Waals surface area contributed by atoms with Crippen molar-refractivity contribution in [3.8, 4) is 0 Å². The first-order valence-corrected chi connectivity index (χ1v) is 39.7. The van der Waals surface area contributed by atoms with Crippen molar-refractivity contribution in [3.05, 3.63) is 65.7 Å². The van der Waals surface area contributed by atoms with E-state index in [-0.39, 0.29) is 92.4 Å². The summed E-state index contributed by atoms with van der Waals surface area (Å²) >= 11 is 0. The third kappa shape index (κ3) is 26.1. The summed E-state index contributed by atoms with van der Waals surface area (Å²) in [5, 5.41) is 27.2. The van der Waals surface area contributed by atoms with Crippen LogP contribution in [-0.2, 0) is 59.2 Å². The van der Waals surface area contributed by atoms with E-state index in [0.717, 1.165) is 56.3 Å². The van der Waals surface area contributed by atoms with Crippen molar-refractivity contribution in [2.75, 3.05) is 53.3 Å². The van der Waals surface area contributed by atoms with E-state index in [2.05, 4.69) is 45.7 Å². The number of likely N-dealkylation sites (N-methyl/N-ethyl adjacent to an activating group) is 2. The van der Waals surface area contributed by atoms with Gasteiger partial charge < -0.3 is 61.4 Å². The molecular weight excluding hydrogens is 1410 g/mol. The lowest BCUT2D eigenvalue weighted by atomic mass is 9.62. The number of nitrogens with one attached hydrogen (secondary N) is 6. The van der Waals surface area contributed by atoms with Crippen LogP contribution in [0.5, 0.6) is 0 Å². The Kier molecular flexibility index (Phi) is 37.2. The number of anilines is 1. The molecule has 3 aliphatic rings. The fourth-order valence-electron chi connectivity index (χ4n) is 16.4. The summed E-state index contributed by atoms with van der Waals surface area (Å²) in [5.41, 5.74) is 6.34. The fourth-order valence-corrected chi connectivity index (χ4v) is 16.4. The van der Waals surface area contributed by atoms with Crippen LogP contribution in [0.3, 0.4) is 0 Å². The smallest absolute Gasteiger partial charge is 0.410 e. The molecule has 0 bridgehead atoms. The maximum absolute atomic E-state index is 14.9. The number of urea groups is 1. The van der Waals surface area contributed by atoms with Gasteiger partial charge in [-0.1, -0.05) is 170 Å². The Labute approximate surface area is 645 Å². The van der Waals surface area contributed by atoms with Crippen LogP contribution in [0.4, 0.5) is 28.4 Å². The number of hydrogen-bond acceptors (Lipinski definition) is 15. The highest BCUT2D eigenvalue weighted by atomic mass is 19.4. The summed E-state index contributed by atoms with van der Waals surface area (Å²) in [5.74, 6) is -6.24. The number of rotatable bonds is 43. The van der Waals surface area contributed by atoms with Crippen LogP contribution in [0.25, 0.3) is 0 Å². The van der Waals surface area contributed by atoms with Gasteiger partial charge in [-0.3, -0.25) is 53.5 Å². The van der Waals surface area contributed by atoms with Crippen molar-refractivity contribution in [3.63, 3.8) is 0 Å². The molecule has 0 radical (unpaired) electrons. The van der Waals surface area contributed by atoms with E-state index >= 15 is 0 Å². The number of carbonyl (C=O) groups is 10. The number of primary amides is 1. The van der Waals surface area contributed by atoms with Crippen molar-refractivity contribution in [2.45, 2.75) is 285 Å². The Hall–Kier alpha value is -7.43. The van der Waals surface area contributed by atoms with E-state index in [9.17, 15) is 66.2 Å². The summed E-state index contributed by atoms with van der Waals surface area (Å²) in [6.45, 7) is 22.1. The number of carbonyl (C=O) groups excluding carboxylic acids is 10. The number of alkyl halides is 3. The quantitative estimate of drug-likeness (QED) is 0.0174. The second-order valence-electron chi connectivity index (χ2n) is 31.9. The minimum absolute atomic E-state index is 0.0206. The van der Waals surface area contributed by atoms with E-state index in [1.54, 1.807) is 91.6 Å². The van der Waals surface area contributed by atoms with Gasteiger partial charge in [-0.05, 0) is 123 Å². The second-order valence-corrected chi connectivity index (χ2v) is 31.9. The largest absolute Gasteiger partial charge is 0.445 e. The van der Waals surface area contributed by atoms with Crippen LogP contribution in [0.15, 0.2) is 54.6 Å². The van der Waals surface area contributed by atoms with Gasteiger partial charge in [0.25, 0.3) is 0 Å². The molecule has 2 heterocycles. The number of hydrogen-bond donors (Lipinski definition) is 8. The number of benzene rings is 2. The van der Waals surface area contributed by atoms with Crippen LogP contribution in [0.1, 0.15) is 222 Å². The maximum Gasteiger partial charge on any atom is 0.410 e. The molecule has 3 fully saturated rings. The number of nitrogens with two attached hydrogens (primary N) is 1. The van der Waals surface area contributed by atoms with E-state index < -0.39 is 145 Å². The van der Waals surface area contributed by atoms with Crippen LogP contribution >= 0.6 is 0 Å². The Morgan fingerprint density at radius 3 is 1.93 bits per heavy atom. The van der Waals surface area contributed by atoms with E-state index in [4.69, 9.17) is 19.9 Å². The molecule has 2 unspecified atom stereocenters. The Bertz CT molecular complexity index is 3250. The Balaban J connectivity index is 1.18. The Morgan fingerprint density at radius 1 is 0.716 bits per heavy atom. The molecular formula is C81H130F3N11O14. The summed E-state index contributed by atoms with van der Waals surface area (Å²) in [7, 11) is 6.03. The molecule has 0 spiro atoms. The average Bonchev–Trinajstić information content (AvgIpc) is 1.64. The van der Waals surface area contributed by atoms with Crippen LogP contribution in [-0.4, -0.2) is 199 Å². The molecule has 614 valence electrons. The second kappa shape index (κ2) is 44.0. The van der Waals surface area contributed by atoms with Gasteiger partial charge in [-0.2, -0.15) is 13.2 Å². The molecule has 1 saturated carbocycles. The summed E-state index contributed by atoms with van der Waals surface area (Å²) in [6.07, 6.45) is 2.51. The molecule has 25 nitrogen and oxygen atoms in total. The van der Waals surface area contributed by atoms with Gasteiger partial charge in [-0.25, -0.2) is 9.59 Å². The molecule has 1 aliphatic carbocycles. The number of imide groups is 1. The van der Waals surface area contributed by atoms with Crippen LogP contribution in [0, 0.1) is 46.8 Å². The lowest BCUT2D eigenvalue weighted by Gasteiger charge is -2.41. The Morgan fingerprint density at radius 2 is 1.36 bits per heavy atom. The first-order chi connectivity index (χ1) is 51.5. The monoisotopic (exact) mass is 1540 g/mol. The lowest BCUT2D eigenvalue weighted by Crippen LogP contribution is -2.60. The minimum Gasteiger partial charge on any atom is -0.445 e. The zero-order valence-electron chi connectivity index (χ0n) is 67.6. The standard InChI is InChI=1S/C81H130F3N11O14/c1-17-42-80(12,57-33-25-19-20-26-34-57)59-46-64(96)95(76(59)103)44-28-22-27-37-63(81(82,83)84)90-66(49(3)4)74(101)89-60(35-29-43-86-78(85)105)73(100)88-58-40-38-55(39-41-58)48-109-79(106)93(14)68(51(7)8)75(102)91-67(50(5)6)77(104)92(13)69(52(9)18-2)62(107-15)47-65(97)94-45-30-36-61(94)71(108-16)53(10)72(99)87-54(11)70(98)56-31-23-21-24-32-56/h21,23-24,31-32,38-41,49-54,57,59-63,66-71,90,98H,17-20,22,25-30,33-37,42-48H2,1-16H3,(H,87,99)(H,88,100)(H,89,101)(H,91,102)(H3,85,86,105)/t52-,53+,54+,59?,60-,61-,62+,63-,66-,67-,68-,69-,70+,71+,80?/m0/s1. The van der Waals surface area contributed by atoms with Gasteiger partial charge in [0, 0.05) is 60.1 Å². The van der Waals surface area contributed by atoms with Gasteiger partial charge >= 0.3 is 18.3 Å². The molecule has 9 N–H and O–H groups in total. The van der Waals surface area contributed by atoms with Gasteiger partial charge in [0.05, 0.1) is 60.7 Å². The predicted octanol–water partition coefficient (Wildman–Crippen LogP) is 10.7. The molecule has 11 amide bonds. The number of ether oxygens (including phenoxy) is 3. The van der Waals surface area contributed by atoms with E-state index in [0.29, 0.717) is 55.7 Å². The van der Waals surface area contributed by atoms with Crippen molar-refractivity contribution in [2.24, 2.45) is 52.6 Å². The van der Waals surface area contributed by atoms with Crippen LogP contribution in [0.2, 0.25) is 0 Å². The third-order valence-corrected chi connectivity index (χ3v) is 23.0. The summed E-state index contributed by atoms with van der Waals surface area (Å²) in [6, 6.07) is 5.61. The highest BCUT2D eigenvalue weighted by Gasteiger charge is 2.52. The molecule has 109 heavy (non-hydrogen) atoms. The maximum atomic E-state index is 14.9. The molecule has 2 aromatic carbocycles. The SMILES string of the molecule is CCCC(C)(C1CCCCCC1)C1CC(=O)N(CCCCC[C@H](N[C@H](C(=O)N[C@@H](CCCNC(N)=O)C(=O)Nc2ccc(COC(=O)N(C)[C@H](C(=O)N[C@H](C(=O)N(C)[C@@H]([C@@H](C)CC)[C@@H](CC(=O)N3CCC[C@H]3[C@H](OC)[C@@H](C)C(=O)N[C@H](C)[C@@H](O)c3ccccc3)OC)C(C)C)C(C)C)cc2)C(C)C)C(F)(F)F)C1=O. The minimum atomic E-state index is -4.77. The van der Waals surface area contributed by atoms with Gasteiger partial charge in [0.15, 0.2) is 0 Å². The third-order valence-electron chi connectivity index (χ3n) is 23.0. The first-order valence-electron chi connectivity index (χ1n) is 39.7. The normalized spacial score (nSPS) is 19.8. The molecule has 2 saturated heterocycles. The zero-order chi connectivity index (χ0) is 81.2. The van der Waals surface area contributed by atoms with Crippen molar-refractivity contribution in [1.82, 2.24) is 46.2 Å². The molecule has 2 aromatic rings. The fraction of sp³-hybridized carbons (Fsp3) is 0.728. The van der Waals surface area contributed by atoms with Gasteiger partial charge in [0.2, 0.25) is 47.3 Å². The zero-order valence-corrected chi connectivity index (χ0v) is 67.6. The highest BCUT2D eigenvalue weighted by Crippen LogP contribution is 2.50. The molecule has 5 rings (SSSR count). The number of unbranched alkanes of at least 4 members (excludes halogenated alkanes) is 2. The molecule has 2 aliphatic heterocycles. The van der Waals surface area contributed by atoms with E-state index in [1.165, 1.54) is 43.2 Å². The van der Waals surface area contributed by atoms with Crippen LogP contribution < -0.4 is 37.6 Å². The van der Waals surface area contributed by atoms with Crippen molar-refractivity contribution in [1.29, 1.82) is 0 Å². The van der Waals surface area contributed by atoms with Gasteiger partial charge in [-0.15, -0.1) is 0 Å².